The number of benzene rings is 1. The fraction of sp³-hybridized carbons (Fsp3) is 0.529. The van der Waals surface area contributed by atoms with E-state index in [0.29, 0.717) is 23.9 Å². The van der Waals surface area contributed by atoms with Crippen molar-refractivity contribution in [3.63, 3.8) is 0 Å². The van der Waals surface area contributed by atoms with Gasteiger partial charge in [-0.05, 0) is 64.0 Å². The Morgan fingerprint density at radius 3 is 2.74 bits per heavy atom. The van der Waals surface area contributed by atoms with Gasteiger partial charge in [-0.2, -0.15) is 0 Å². The molecule has 0 aromatic heterocycles. The molecule has 0 aliphatic rings. The quantitative estimate of drug-likeness (QED) is 0.431. The number of hydrogen-bond donors (Lipinski definition) is 2. The molecular weight excluding hydrogens is 312 g/mol. The van der Waals surface area contributed by atoms with Gasteiger partial charge < -0.3 is 20.1 Å². The van der Waals surface area contributed by atoms with Crippen LogP contribution in [0.1, 0.15) is 43.1 Å². The van der Waals surface area contributed by atoms with Crippen LogP contribution < -0.4 is 10.6 Å². The molecule has 0 aliphatic heterocycles. The smallest absolute Gasteiger partial charge is 0.338 e. The Bertz CT molecular complexity index is 533. The molecular formula is C17H26N2O3S. The van der Waals surface area contributed by atoms with Crippen LogP contribution in [0.25, 0.3) is 0 Å². The average molecular weight is 338 g/mol. The maximum absolute atomic E-state index is 11.9. The molecule has 0 saturated heterocycles. The van der Waals surface area contributed by atoms with Crippen molar-refractivity contribution in [2.24, 2.45) is 0 Å². The summed E-state index contributed by atoms with van der Waals surface area (Å²) in [5.41, 5.74) is 2.16. The molecule has 0 bridgehead atoms. The third-order valence-electron chi connectivity index (χ3n) is 3.14. The number of carbonyl (C=O) groups excluding carboxylic acids is 1. The van der Waals surface area contributed by atoms with Gasteiger partial charge in [-0.15, -0.1) is 0 Å². The van der Waals surface area contributed by atoms with E-state index in [1.165, 1.54) is 0 Å². The van der Waals surface area contributed by atoms with E-state index in [4.69, 9.17) is 21.7 Å². The van der Waals surface area contributed by atoms with Gasteiger partial charge in [0, 0.05) is 18.8 Å². The second-order valence-corrected chi connectivity index (χ2v) is 5.76. The highest BCUT2D eigenvalue weighted by Gasteiger charge is 2.12. The summed E-state index contributed by atoms with van der Waals surface area (Å²) in [5, 5.41) is 6.78. The van der Waals surface area contributed by atoms with E-state index in [2.05, 4.69) is 10.6 Å². The number of rotatable bonds is 8. The molecule has 2 N–H and O–H groups in total. The molecule has 0 spiro atoms. The van der Waals surface area contributed by atoms with Crippen LogP contribution in [-0.2, 0) is 9.47 Å². The van der Waals surface area contributed by atoms with Crippen molar-refractivity contribution >= 4 is 29.0 Å². The Kier molecular flexibility index (Phi) is 8.58. The SMILES string of the molecule is CCOC(=O)c1cccc(NC(=S)NCCCOC(C)C)c1C. The van der Waals surface area contributed by atoms with Gasteiger partial charge in [-0.1, -0.05) is 6.07 Å². The van der Waals surface area contributed by atoms with Gasteiger partial charge >= 0.3 is 5.97 Å². The minimum Gasteiger partial charge on any atom is -0.462 e. The summed E-state index contributed by atoms with van der Waals surface area (Å²) in [7, 11) is 0. The van der Waals surface area contributed by atoms with Gasteiger partial charge in [0.25, 0.3) is 0 Å². The maximum atomic E-state index is 11.9. The van der Waals surface area contributed by atoms with Crippen molar-refractivity contribution < 1.29 is 14.3 Å². The second kappa shape index (κ2) is 10.2. The lowest BCUT2D eigenvalue weighted by Gasteiger charge is -2.15. The number of carbonyl (C=O) groups is 1. The minimum absolute atomic E-state index is 0.244. The van der Waals surface area contributed by atoms with Crippen LogP contribution in [0.5, 0.6) is 0 Å². The molecule has 5 nitrogen and oxygen atoms in total. The molecule has 0 unspecified atom stereocenters. The lowest BCUT2D eigenvalue weighted by atomic mass is 10.1. The standard InChI is InChI=1S/C17H26N2O3S/c1-5-21-16(20)14-8-6-9-15(13(14)4)19-17(23)18-10-7-11-22-12(2)3/h6,8-9,12H,5,7,10-11H2,1-4H3,(H2,18,19,23). The highest BCUT2D eigenvalue weighted by molar-refractivity contribution is 7.80. The highest BCUT2D eigenvalue weighted by Crippen LogP contribution is 2.19. The van der Waals surface area contributed by atoms with Gasteiger partial charge in [0.1, 0.15) is 0 Å². The van der Waals surface area contributed by atoms with Crippen molar-refractivity contribution in [3.8, 4) is 0 Å². The summed E-state index contributed by atoms with van der Waals surface area (Å²) < 4.78 is 10.5. The molecule has 0 aliphatic carbocycles. The monoisotopic (exact) mass is 338 g/mol. The molecule has 1 rings (SSSR count). The number of anilines is 1. The van der Waals surface area contributed by atoms with Crippen LogP contribution in [0.15, 0.2) is 18.2 Å². The van der Waals surface area contributed by atoms with E-state index < -0.39 is 0 Å². The van der Waals surface area contributed by atoms with E-state index in [-0.39, 0.29) is 12.1 Å². The predicted octanol–water partition coefficient (Wildman–Crippen LogP) is 3.27. The molecule has 6 heteroatoms. The number of hydrogen-bond acceptors (Lipinski definition) is 4. The Hall–Kier alpha value is -1.66. The molecule has 1 aromatic carbocycles. The summed E-state index contributed by atoms with van der Waals surface area (Å²) in [4.78, 5) is 11.9. The van der Waals surface area contributed by atoms with E-state index in [1.54, 1.807) is 19.1 Å². The summed E-state index contributed by atoms with van der Waals surface area (Å²) in [5.74, 6) is -0.321. The number of nitrogens with one attached hydrogen (secondary N) is 2. The Morgan fingerprint density at radius 2 is 2.09 bits per heavy atom. The van der Waals surface area contributed by atoms with Gasteiger partial charge in [0.15, 0.2) is 5.11 Å². The molecule has 0 heterocycles. The predicted molar refractivity (Wildman–Crippen MR) is 97.1 cm³/mol. The third kappa shape index (κ3) is 6.97. The van der Waals surface area contributed by atoms with Crippen LogP contribution in [0.3, 0.4) is 0 Å². The van der Waals surface area contributed by atoms with Crippen LogP contribution in [0.2, 0.25) is 0 Å². The first-order valence-corrected chi connectivity index (χ1v) is 8.29. The molecule has 0 saturated carbocycles. The highest BCUT2D eigenvalue weighted by atomic mass is 32.1. The number of ether oxygens (including phenoxy) is 2. The fourth-order valence-electron chi connectivity index (χ4n) is 1.96. The van der Waals surface area contributed by atoms with E-state index in [0.717, 1.165) is 24.2 Å². The van der Waals surface area contributed by atoms with Crippen molar-refractivity contribution in [1.82, 2.24) is 5.32 Å². The summed E-state index contributed by atoms with van der Waals surface area (Å²) in [6.45, 7) is 9.47. The summed E-state index contributed by atoms with van der Waals surface area (Å²) in [6, 6.07) is 5.44. The van der Waals surface area contributed by atoms with E-state index in [1.807, 2.05) is 26.8 Å². The fourth-order valence-corrected chi connectivity index (χ4v) is 2.17. The van der Waals surface area contributed by atoms with Gasteiger partial charge in [-0.25, -0.2) is 4.79 Å². The molecule has 128 valence electrons. The zero-order chi connectivity index (χ0) is 17.2. The zero-order valence-corrected chi connectivity index (χ0v) is 15.1. The molecule has 23 heavy (non-hydrogen) atoms. The molecule has 0 radical (unpaired) electrons. The lowest BCUT2D eigenvalue weighted by molar-refractivity contribution is 0.0525. The molecule has 0 fully saturated rings. The third-order valence-corrected chi connectivity index (χ3v) is 3.38. The average Bonchev–Trinajstić information content (AvgIpc) is 2.49. The van der Waals surface area contributed by atoms with Gasteiger partial charge in [-0.3, -0.25) is 0 Å². The largest absolute Gasteiger partial charge is 0.462 e. The Balaban J connectivity index is 2.52. The first-order chi connectivity index (χ1) is 11.0. The molecule has 0 amide bonds. The second-order valence-electron chi connectivity index (χ2n) is 5.35. The molecule has 0 atom stereocenters. The Labute approximate surface area is 143 Å². The van der Waals surface area contributed by atoms with Gasteiger partial charge in [0.2, 0.25) is 0 Å². The van der Waals surface area contributed by atoms with Crippen LogP contribution >= 0.6 is 12.2 Å². The maximum Gasteiger partial charge on any atom is 0.338 e. The van der Waals surface area contributed by atoms with Crippen molar-refractivity contribution in [1.29, 1.82) is 0 Å². The van der Waals surface area contributed by atoms with Crippen molar-refractivity contribution in [2.75, 3.05) is 25.1 Å². The first-order valence-electron chi connectivity index (χ1n) is 7.88. The Morgan fingerprint density at radius 1 is 1.35 bits per heavy atom. The summed E-state index contributed by atoms with van der Waals surface area (Å²) in [6.07, 6.45) is 1.12. The van der Waals surface area contributed by atoms with Crippen LogP contribution in [0, 0.1) is 6.92 Å². The van der Waals surface area contributed by atoms with Gasteiger partial charge in [0.05, 0.1) is 18.3 Å². The number of thiocarbonyl (C=S) groups is 1. The van der Waals surface area contributed by atoms with Crippen LogP contribution in [0.4, 0.5) is 5.69 Å². The topological polar surface area (TPSA) is 59.6 Å². The van der Waals surface area contributed by atoms with E-state index in [9.17, 15) is 4.79 Å². The van der Waals surface area contributed by atoms with E-state index >= 15 is 0 Å². The van der Waals surface area contributed by atoms with Crippen LogP contribution in [-0.4, -0.2) is 36.9 Å². The molecule has 1 aromatic rings. The normalized spacial score (nSPS) is 10.5. The van der Waals surface area contributed by atoms with Crippen molar-refractivity contribution in [2.45, 2.75) is 40.2 Å². The minimum atomic E-state index is -0.321. The zero-order valence-electron chi connectivity index (χ0n) is 14.3. The number of esters is 1. The first kappa shape index (κ1) is 19.4. The summed E-state index contributed by atoms with van der Waals surface area (Å²) >= 11 is 5.28. The van der Waals surface area contributed by atoms with Crippen molar-refractivity contribution in [3.05, 3.63) is 29.3 Å². The lowest BCUT2D eigenvalue weighted by Crippen LogP contribution is -2.30.